The molecule has 2 heterocycles. The monoisotopic (exact) mass is 360 g/mol. The van der Waals surface area contributed by atoms with Crippen LogP contribution in [-0.2, 0) is 10.0 Å². The van der Waals surface area contributed by atoms with Crippen molar-refractivity contribution < 1.29 is 8.42 Å². The number of hydrogen-bond donors (Lipinski definition) is 1. The van der Waals surface area contributed by atoms with E-state index >= 15 is 0 Å². The van der Waals surface area contributed by atoms with Gasteiger partial charge >= 0.3 is 0 Å². The highest BCUT2D eigenvalue weighted by Gasteiger charge is 2.33. The number of anilines is 1. The van der Waals surface area contributed by atoms with Gasteiger partial charge in [-0.05, 0) is 37.8 Å². The topological polar surface area (TPSA) is 75.2 Å². The zero-order valence-corrected chi connectivity index (χ0v) is 15.1. The van der Waals surface area contributed by atoms with Gasteiger partial charge in [0.1, 0.15) is 5.82 Å². The number of hydrogen-bond acceptors (Lipinski definition) is 5. The molecule has 2 aliphatic rings. The Morgan fingerprint density at radius 2 is 1.80 bits per heavy atom. The Kier molecular flexibility index (Phi) is 4.60. The van der Waals surface area contributed by atoms with E-state index in [0.29, 0.717) is 13.0 Å². The van der Waals surface area contributed by atoms with Gasteiger partial charge in [-0.15, -0.1) is 0 Å². The third kappa shape index (κ3) is 3.62. The summed E-state index contributed by atoms with van der Waals surface area (Å²) in [5.74, 6) is 0.763. The fraction of sp³-hybridized carbons (Fsp3) is 0.556. The second kappa shape index (κ2) is 6.88. The molecule has 1 unspecified atom stereocenters. The third-order valence-electron chi connectivity index (χ3n) is 5.26. The first kappa shape index (κ1) is 16.7. The average Bonchev–Trinajstić information content (AvgIpc) is 3.14. The number of sulfonamides is 1. The molecule has 2 fully saturated rings. The quantitative estimate of drug-likeness (QED) is 0.906. The van der Waals surface area contributed by atoms with E-state index in [-0.39, 0.29) is 11.3 Å². The molecule has 1 N–H and O–H groups in total. The molecule has 1 aromatic heterocycles. The molecule has 6 nitrogen and oxygen atoms in total. The molecule has 1 atom stereocenters. The van der Waals surface area contributed by atoms with E-state index in [1.54, 1.807) is 6.20 Å². The van der Waals surface area contributed by atoms with Crippen LogP contribution in [0.25, 0.3) is 11.0 Å². The van der Waals surface area contributed by atoms with E-state index in [9.17, 15) is 8.42 Å². The highest BCUT2D eigenvalue weighted by Crippen LogP contribution is 2.25. The van der Waals surface area contributed by atoms with Gasteiger partial charge < -0.3 is 4.90 Å². The fourth-order valence-electron chi connectivity index (χ4n) is 3.87. The molecule has 0 bridgehead atoms. The molecule has 25 heavy (non-hydrogen) atoms. The van der Waals surface area contributed by atoms with Crippen LogP contribution in [0.15, 0.2) is 30.5 Å². The predicted molar refractivity (Wildman–Crippen MR) is 99.1 cm³/mol. The van der Waals surface area contributed by atoms with Crippen LogP contribution in [0.5, 0.6) is 0 Å². The minimum Gasteiger partial charge on any atom is -0.354 e. The molecule has 2 aromatic rings. The maximum Gasteiger partial charge on any atom is 0.216 e. The van der Waals surface area contributed by atoms with Crippen LogP contribution in [0.1, 0.15) is 38.5 Å². The van der Waals surface area contributed by atoms with Crippen molar-refractivity contribution in [2.75, 3.05) is 18.0 Å². The van der Waals surface area contributed by atoms with Crippen molar-refractivity contribution in [2.24, 2.45) is 0 Å². The average molecular weight is 360 g/mol. The lowest BCUT2D eigenvalue weighted by atomic mass is 10.1. The van der Waals surface area contributed by atoms with Crippen LogP contribution in [0.3, 0.4) is 0 Å². The summed E-state index contributed by atoms with van der Waals surface area (Å²) >= 11 is 0. The Morgan fingerprint density at radius 3 is 2.60 bits per heavy atom. The van der Waals surface area contributed by atoms with Gasteiger partial charge in [-0.3, -0.25) is 4.98 Å². The number of piperidine rings is 1. The number of rotatable bonds is 4. The minimum absolute atomic E-state index is 0.126. The van der Waals surface area contributed by atoms with Crippen LogP contribution in [0.2, 0.25) is 0 Å². The largest absolute Gasteiger partial charge is 0.354 e. The maximum absolute atomic E-state index is 12.8. The van der Waals surface area contributed by atoms with Crippen molar-refractivity contribution in [1.82, 2.24) is 14.7 Å². The van der Waals surface area contributed by atoms with Crippen molar-refractivity contribution in [2.45, 2.75) is 49.8 Å². The number of fused-ring (bicyclic) bond motifs is 1. The zero-order chi connectivity index (χ0) is 17.3. The van der Waals surface area contributed by atoms with Crippen LogP contribution < -0.4 is 9.62 Å². The van der Waals surface area contributed by atoms with Crippen LogP contribution in [-0.4, -0.2) is 42.8 Å². The molecule has 134 valence electrons. The van der Waals surface area contributed by atoms with Gasteiger partial charge in [-0.25, -0.2) is 18.1 Å². The lowest BCUT2D eigenvalue weighted by molar-refractivity contribution is 0.505. The van der Waals surface area contributed by atoms with Gasteiger partial charge in [-0.2, -0.15) is 0 Å². The molecule has 0 radical (unpaired) electrons. The number of para-hydroxylation sites is 2. The van der Waals surface area contributed by atoms with Gasteiger partial charge in [0, 0.05) is 19.1 Å². The summed E-state index contributed by atoms with van der Waals surface area (Å²) in [5, 5.41) is -0.380. The zero-order valence-electron chi connectivity index (χ0n) is 14.3. The molecule has 0 amide bonds. The number of nitrogens with one attached hydrogen (secondary N) is 1. The van der Waals surface area contributed by atoms with Gasteiger partial charge in [-0.1, -0.05) is 25.0 Å². The molecule has 1 saturated carbocycles. The van der Waals surface area contributed by atoms with Crippen LogP contribution in [0, 0.1) is 0 Å². The van der Waals surface area contributed by atoms with E-state index in [2.05, 4.69) is 19.6 Å². The molecule has 4 rings (SSSR count). The summed E-state index contributed by atoms with van der Waals surface area (Å²) in [5.41, 5.74) is 1.70. The molecular weight excluding hydrogens is 336 g/mol. The van der Waals surface area contributed by atoms with Gasteiger partial charge in [0.05, 0.1) is 22.5 Å². The second-order valence-electron chi connectivity index (χ2n) is 7.07. The molecular formula is C18H24N4O2S. The molecule has 7 heteroatoms. The predicted octanol–water partition coefficient (Wildman–Crippen LogP) is 2.46. The van der Waals surface area contributed by atoms with Crippen molar-refractivity contribution in [3.63, 3.8) is 0 Å². The summed E-state index contributed by atoms with van der Waals surface area (Å²) in [6.45, 7) is 1.30. The Morgan fingerprint density at radius 1 is 1.04 bits per heavy atom. The summed E-state index contributed by atoms with van der Waals surface area (Å²) in [6.07, 6.45) is 7.48. The first-order valence-corrected chi connectivity index (χ1v) is 10.6. The standard InChI is InChI=1S/C18H24N4O2S/c23-25(24,21-14-6-1-2-7-14)15-8-5-11-22(13-15)18-12-19-16-9-3-4-10-17(16)20-18/h3-4,9-10,12,14-15,21H,1-2,5-8,11,13H2. The van der Waals surface area contributed by atoms with E-state index in [4.69, 9.17) is 0 Å². The maximum atomic E-state index is 12.8. The normalized spacial score (nSPS) is 22.6. The Bertz CT molecular complexity index is 849. The Hall–Kier alpha value is -1.73. The molecule has 1 aromatic carbocycles. The number of aromatic nitrogens is 2. The summed E-state index contributed by atoms with van der Waals surface area (Å²) in [4.78, 5) is 11.2. The lowest BCUT2D eigenvalue weighted by Gasteiger charge is -2.33. The first-order chi connectivity index (χ1) is 12.1. The highest BCUT2D eigenvalue weighted by atomic mass is 32.2. The van der Waals surface area contributed by atoms with Crippen molar-refractivity contribution in [3.8, 4) is 0 Å². The van der Waals surface area contributed by atoms with Crippen molar-refractivity contribution in [3.05, 3.63) is 30.5 Å². The first-order valence-electron chi connectivity index (χ1n) is 9.10. The molecule has 1 aliphatic carbocycles. The Labute approximate surface area is 148 Å². The highest BCUT2D eigenvalue weighted by molar-refractivity contribution is 7.90. The Balaban J connectivity index is 1.51. The van der Waals surface area contributed by atoms with E-state index in [0.717, 1.165) is 55.5 Å². The van der Waals surface area contributed by atoms with Crippen LogP contribution >= 0.6 is 0 Å². The second-order valence-corrected chi connectivity index (χ2v) is 9.06. The SMILES string of the molecule is O=S(=O)(NC1CCCC1)C1CCCN(c2cnc3ccccc3n2)C1. The fourth-order valence-corrected chi connectivity index (χ4v) is 5.62. The van der Waals surface area contributed by atoms with Gasteiger partial charge in [0.2, 0.25) is 10.0 Å². The van der Waals surface area contributed by atoms with Gasteiger partial charge in [0.25, 0.3) is 0 Å². The van der Waals surface area contributed by atoms with E-state index in [1.807, 2.05) is 24.3 Å². The minimum atomic E-state index is -3.29. The van der Waals surface area contributed by atoms with Crippen molar-refractivity contribution >= 4 is 26.9 Å². The van der Waals surface area contributed by atoms with E-state index in [1.165, 1.54) is 0 Å². The van der Waals surface area contributed by atoms with E-state index < -0.39 is 10.0 Å². The summed E-state index contributed by atoms with van der Waals surface area (Å²) in [7, 11) is -3.29. The summed E-state index contributed by atoms with van der Waals surface area (Å²) in [6, 6.07) is 7.87. The van der Waals surface area contributed by atoms with Crippen molar-refractivity contribution in [1.29, 1.82) is 0 Å². The molecule has 0 spiro atoms. The van der Waals surface area contributed by atoms with Crippen LogP contribution in [0.4, 0.5) is 5.82 Å². The molecule has 1 saturated heterocycles. The smallest absolute Gasteiger partial charge is 0.216 e. The lowest BCUT2D eigenvalue weighted by Crippen LogP contribution is -2.48. The third-order valence-corrected chi connectivity index (χ3v) is 7.19. The van der Waals surface area contributed by atoms with Gasteiger partial charge in [0.15, 0.2) is 0 Å². The molecule has 1 aliphatic heterocycles. The summed E-state index contributed by atoms with van der Waals surface area (Å²) < 4.78 is 28.5. The number of nitrogens with zero attached hydrogens (tertiary/aromatic N) is 3. The number of benzene rings is 1.